The Kier molecular flexibility index (Phi) is 5.87. The molecule has 0 aliphatic heterocycles. The van der Waals surface area contributed by atoms with Gasteiger partial charge >= 0.3 is 5.97 Å². The second-order valence-electron chi connectivity index (χ2n) is 6.37. The van der Waals surface area contributed by atoms with Gasteiger partial charge in [-0.05, 0) is 57.2 Å². The molecule has 150 valence electrons. The van der Waals surface area contributed by atoms with Crippen LogP contribution in [0.4, 0.5) is 5.69 Å². The molecule has 3 rings (SSSR count). The molecule has 0 unspecified atom stereocenters. The van der Waals surface area contributed by atoms with Crippen LogP contribution in [0.1, 0.15) is 28.7 Å². The Bertz CT molecular complexity index is 1100. The van der Waals surface area contributed by atoms with Gasteiger partial charge in [-0.3, -0.25) is 9.59 Å². The highest BCUT2D eigenvalue weighted by atomic mass is 16.5. The Morgan fingerprint density at radius 3 is 2.41 bits per heavy atom. The minimum atomic E-state index is -0.429. The molecule has 0 bridgehead atoms. The van der Waals surface area contributed by atoms with Gasteiger partial charge in [0.2, 0.25) is 5.91 Å². The zero-order valence-corrected chi connectivity index (χ0v) is 16.4. The molecule has 0 spiro atoms. The van der Waals surface area contributed by atoms with Crippen molar-refractivity contribution in [1.82, 2.24) is 19.6 Å². The highest BCUT2D eigenvalue weighted by molar-refractivity contribution is 5.92. The average molecular weight is 395 g/mol. The SMILES string of the molecule is CCOC(=O)c1ccc(NC(=O)Cn2nc(-n3nc(C)cc3C)ccc2=O)cc1. The molecule has 3 aromatic rings. The number of rotatable bonds is 6. The van der Waals surface area contributed by atoms with Crippen molar-refractivity contribution in [3.63, 3.8) is 0 Å². The van der Waals surface area contributed by atoms with E-state index in [2.05, 4.69) is 15.5 Å². The van der Waals surface area contributed by atoms with E-state index in [1.165, 1.54) is 6.07 Å². The van der Waals surface area contributed by atoms with Crippen LogP contribution in [0.15, 0.2) is 47.3 Å². The smallest absolute Gasteiger partial charge is 0.338 e. The van der Waals surface area contributed by atoms with E-state index in [-0.39, 0.29) is 13.2 Å². The zero-order chi connectivity index (χ0) is 21.0. The first-order valence-corrected chi connectivity index (χ1v) is 9.06. The van der Waals surface area contributed by atoms with Gasteiger partial charge in [0.25, 0.3) is 5.56 Å². The minimum Gasteiger partial charge on any atom is -0.462 e. The number of carbonyl (C=O) groups excluding carboxylic acids is 2. The van der Waals surface area contributed by atoms with E-state index in [1.54, 1.807) is 41.9 Å². The standard InChI is InChI=1S/C20H21N5O4/c1-4-29-20(28)15-5-7-16(8-6-15)21-18(26)12-24-19(27)10-9-17(23-24)25-14(3)11-13(2)22-25/h5-11H,4,12H2,1-3H3,(H,21,26). The number of nitrogens with one attached hydrogen (secondary N) is 1. The van der Waals surface area contributed by atoms with Crippen LogP contribution >= 0.6 is 0 Å². The Morgan fingerprint density at radius 2 is 1.79 bits per heavy atom. The fraction of sp³-hybridized carbons (Fsp3) is 0.250. The highest BCUT2D eigenvalue weighted by Crippen LogP contribution is 2.11. The minimum absolute atomic E-state index is 0.258. The molecule has 0 atom stereocenters. The first-order chi connectivity index (χ1) is 13.9. The third-order valence-corrected chi connectivity index (χ3v) is 4.05. The molecular formula is C20H21N5O4. The second kappa shape index (κ2) is 8.51. The van der Waals surface area contributed by atoms with E-state index in [1.807, 2.05) is 19.9 Å². The van der Waals surface area contributed by atoms with E-state index in [4.69, 9.17) is 4.74 Å². The number of carbonyl (C=O) groups is 2. The molecule has 2 aromatic heterocycles. The summed E-state index contributed by atoms with van der Waals surface area (Å²) in [6.45, 7) is 5.50. The normalized spacial score (nSPS) is 10.6. The molecule has 0 saturated heterocycles. The van der Waals surface area contributed by atoms with Gasteiger partial charge < -0.3 is 10.1 Å². The monoisotopic (exact) mass is 395 g/mol. The number of aromatic nitrogens is 4. The summed E-state index contributed by atoms with van der Waals surface area (Å²) in [6, 6.07) is 11.1. The van der Waals surface area contributed by atoms with E-state index in [9.17, 15) is 14.4 Å². The van der Waals surface area contributed by atoms with Crippen molar-refractivity contribution >= 4 is 17.6 Å². The molecule has 1 amide bonds. The summed E-state index contributed by atoms with van der Waals surface area (Å²) in [7, 11) is 0. The highest BCUT2D eigenvalue weighted by Gasteiger charge is 2.11. The Balaban J connectivity index is 1.72. The Morgan fingerprint density at radius 1 is 1.07 bits per heavy atom. The van der Waals surface area contributed by atoms with Gasteiger partial charge in [0.1, 0.15) is 6.54 Å². The Hall–Kier alpha value is -3.75. The van der Waals surface area contributed by atoms with E-state index in [0.29, 0.717) is 17.1 Å². The maximum absolute atomic E-state index is 12.3. The molecule has 9 heteroatoms. The van der Waals surface area contributed by atoms with Crippen LogP contribution in [0.3, 0.4) is 0 Å². The first kappa shape index (κ1) is 20.0. The number of amides is 1. The van der Waals surface area contributed by atoms with Crippen LogP contribution in [0.2, 0.25) is 0 Å². The fourth-order valence-electron chi connectivity index (χ4n) is 2.77. The van der Waals surface area contributed by atoms with Gasteiger partial charge in [0, 0.05) is 17.4 Å². The first-order valence-electron chi connectivity index (χ1n) is 9.06. The molecular weight excluding hydrogens is 374 g/mol. The molecule has 0 aliphatic carbocycles. The molecule has 0 fully saturated rings. The van der Waals surface area contributed by atoms with E-state index >= 15 is 0 Å². The number of nitrogens with zero attached hydrogens (tertiary/aromatic N) is 4. The number of benzene rings is 1. The molecule has 9 nitrogen and oxygen atoms in total. The average Bonchev–Trinajstić information content (AvgIpc) is 3.02. The van der Waals surface area contributed by atoms with Gasteiger partial charge in [0.05, 0.1) is 17.9 Å². The summed E-state index contributed by atoms with van der Waals surface area (Å²) in [5, 5.41) is 11.3. The molecule has 1 aromatic carbocycles. The molecule has 29 heavy (non-hydrogen) atoms. The van der Waals surface area contributed by atoms with Crippen LogP contribution in [-0.2, 0) is 16.1 Å². The lowest BCUT2D eigenvalue weighted by Crippen LogP contribution is -2.30. The lowest BCUT2D eigenvalue weighted by atomic mass is 10.2. The molecule has 0 saturated carbocycles. The number of esters is 1. The topological polar surface area (TPSA) is 108 Å². The number of ether oxygens (including phenoxy) is 1. The van der Waals surface area contributed by atoms with Gasteiger partial charge in [-0.2, -0.15) is 5.10 Å². The van der Waals surface area contributed by atoms with E-state index in [0.717, 1.165) is 16.1 Å². The number of anilines is 1. The van der Waals surface area contributed by atoms with Crippen molar-refractivity contribution in [2.45, 2.75) is 27.3 Å². The summed E-state index contributed by atoms with van der Waals surface area (Å²) in [4.78, 5) is 36.1. The number of aryl methyl sites for hydroxylation is 2. The summed E-state index contributed by atoms with van der Waals surface area (Å²) >= 11 is 0. The number of hydrogen-bond acceptors (Lipinski definition) is 6. The number of hydrogen-bond donors (Lipinski definition) is 1. The van der Waals surface area contributed by atoms with Gasteiger partial charge in [-0.1, -0.05) is 0 Å². The maximum atomic E-state index is 12.3. The fourth-order valence-corrected chi connectivity index (χ4v) is 2.77. The quantitative estimate of drug-likeness (QED) is 0.638. The predicted molar refractivity (Wildman–Crippen MR) is 106 cm³/mol. The third kappa shape index (κ3) is 4.75. The van der Waals surface area contributed by atoms with Crippen LogP contribution in [0, 0.1) is 13.8 Å². The molecule has 2 heterocycles. The maximum Gasteiger partial charge on any atom is 0.338 e. The predicted octanol–water partition coefficient (Wildman–Crippen LogP) is 1.86. The van der Waals surface area contributed by atoms with Crippen LogP contribution in [-0.4, -0.2) is 38.0 Å². The summed E-state index contributed by atoms with van der Waals surface area (Å²) < 4.78 is 7.60. The van der Waals surface area contributed by atoms with E-state index < -0.39 is 17.4 Å². The van der Waals surface area contributed by atoms with Crippen molar-refractivity contribution in [3.05, 3.63) is 69.8 Å². The molecule has 0 radical (unpaired) electrons. The van der Waals surface area contributed by atoms with Crippen LogP contribution in [0.25, 0.3) is 5.82 Å². The van der Waals surface area contributed by atoms with Crippen molar-refractivity contribution in [3.8, 4) is 5.82 Å². The lowest BCUT2D eigenvalue weighted by Gasteiger charge is -2.09. The summed E-state index contributed by atoms with van der Waals surface area (Å²) in [5.74, 6) is -0.405. The molecule has 0 aliphatic rings. The zero-order valence-electron chi connectivity index (χ0n) is 16.4. The summed E-state index contributed by atoms with van der Waals surface area (Å²) in [6.07, 6.45) is 0. The van der Waals surface area contributed by atoms with Gasteiger partial charge in [0.15, 0.2) is 5.82 Å². The van der Waals surface area contributed by atoms with Crippen molar-refractivity contribution < 1.29 is 14.3 Å². The van der Waals surface area contributed by atoms with Gasteiger partial charge in [-0.25, -0.2) is 14.2 Å². The molecule has 1 N–H and O–H groups in total. The lowest BCUT2D eigenvalue weighted by molar-refractivity contribution is -0.117. The van der Waals surface area contributed by atoms with Crippen LogP contribution in [0.5, 0.6) is 0 Å². The Labute approximate surface area is 166 Å². The van der Waals surface area contributed by atoms with Gasteiger partial charge in [-0.15, -0.1) is 5.10 Å². The third-order valence-electron chi connectivity index (χ3n) is 4.05. The van der Waals surface area contributed by atoms with Crippen LogP contribution < -0.4 is 10.9 Å². The second-order valence-corrected chi connectivity index (χ2v) is 6.37. The summed E-state index contributed by atoms with van der Waals surface area (Å²) in [5.41, 5.74) is 2.17. The largest absolute Gasteiger partial charge is 0.462 e. The van der Waals surface area contributed by atoms with Crippen molar-refractivity contribution in [2.24, 2.45) is 0 Å². The van der Waals surface area contributed by atoms with Crippen molar-refractivity contribution in [1.29, 1.82) is 0 Å². The van der Waals surface area contributed by atoms with Crippen molar-refractivity contribution in [2.75, 3.05) is 11.9 Å².